The summed E-state index contributed by atoms with van der Waals surface area (Å²) in [6.07, 6.45) is -4.22. The second-order valence-corrected chi connectivity index (χ2v) is 7.25. The summed E-state index contributed by atoms with van der Waals surface area (Å²) in [5.74, 6) is -0.0481. The van der Waals surface area contributed by atoms with E-state index in [-0.39, 0.29) is 12.1 Å². The van der Waals surface area contributed by atoms with Gasteiger partial charge in [-0.3, -0.25) is 14.5 Å². The number of anilines is 1. The Morgan fingerprint density at radius 2 is 1.69 bits per heavy atom. The molecule has 0 unspecified atom stereocenters. The molecule has 1 aliphatic heterocycles. The summed E-state index contributed by atoms with van der Waals surface area (Å²) < 4.78 is 51.3. The maximum absolute atomic E-state index is 12.9. The highest BCUT2D eigenvalue weighted by Gasteiger charge is 2.41. The third kappa shape index (κ3) is 5.31. The summed E-state index contributed by atoms with van der Waals surface area (Å²) in [4.78, 5) is 28.1. The predicted octanol–water partition coefficient (Wildman–Crippen LogP) is 3.41. The van der Waals surface area contributed by atoms with E-state index in [2.05, 4.69) is 4.74 Å². The molecule has 2 aromatic carbocycles. The Morgan fingerprint density at radius 3 is 2.28 bits per heavy atom. The molecular formula is C22H23F3N2O5. The number of hydrogen-bond donors (Lipinski definition) is 0. The Balaban J connectivity index is 1.65. The van der Waals surface area contributed by atoms with E-state index < -0.39 is 30.0 Å². The summed E-state index contributed by atoms with van der Waals surface area (Å²) in [7, 11) is 4.85. The molecule has 2 amide bonds. The number of ether oxygens (including phenoxy) is 3. The monoisotopic (exact) mass is 452 g/mol. The molecule has 0 radical (unpaired) electrons. The van der Waals surface area contributed by atoms with Crippen LogP contribution in [-0.4, -0.2) is 56.9 Å². The van der Waals surface area contributed by atoms with Crippen molar-refractivity contribution in [3.05, 3.63) is 48.0 Å². The number of halogens is 3. The van der Waals surface area contributed by atoms with Gasteiger partial charge in [-0.05, 0) is 55.4 Å². The molecule has 0 aromatic heterocycles. The number of rotatable bonds is 8. The van der Waals surface area contributed by atoms with Gasteiger partial charge in [0.25, 0.3) is 5.91 Å². The maximum Gasteiger partial charge on any atom is 0.573 e. The average Bonchev–Trinajstić information content (AvgIpc) is 3.05. The minimum absolute atomic E-state index is 0.0118. The van der Waals surface area contributed by atoms with Crippen molar-refractivity contribution in [2.45, 2.75) is 25.2 Å². The highest BCUT2D eigenvalue weighted by atomic mass is 19.4. The molecule has 0 spiro atoms. The van der Waals surface area contributed by atoms with Crippen molar-refractivity contribution in [1.82, 2.24) is 4.90 Å². The Hall–Kier alpha value is -3.27. The summed E-state index contributed by atoms with van der Waals surface area (Å²) in [5.41, 5.74) is 1.17. The predicted molar refractivity (Wildman–Crippen MR) is 110 cm³/mol. The lowest BCUT2D eigenvalue weighted by molar-refractivity contribution is -0.274. The van der Waals surface area contributed by atoms with Gasteiger partial charge in [-0.2, -0.15) is 0 Å². The zero-order chi connectivity index (χ0) is 23.5. The van der Waals surface area contributed by atoms with Crippen LogP contribution >= 0.6 is 0 Å². The first-order valence-corrected chi connectivity index (χ1v) is 9.76. The minimum atomic E-state index is -4.82. The first-order chi connectivity index (χ1) is 15.1. The summed E-state index contributed by atoms with van der Waals surface area (Å²) in [6.45, 7) is 0.505. The third-order valence-electron chi connectivity index (χ3n) is 5.18. The topological polar surface area (TPSA) is 68.3 Å². The molecule has 172 valence electrons. The highest BCUT2D eigenvalue weighted by Crippen LogP contribution is 2.30. The second kappa shape index (κ2) is 9.47. The number of carbonyl (C=O) groups is 2. The van der Waals surface area contributed by atoms with E-state index in [0.29, 0.717) is 24.5 Å². The lowest BCUT2D eigenvalue weighted by Crippen LogP contribution is -2.40. The lowest BCUT2D eigenvalue weighted by Gasteiger charge is -2.23. The first-order valence-electron chi connectivity index (χ1n) is 9.76. The quantitative estimate of drug-likeness (QED) is 0.572. The standard InChI is InChI=1S/C22H23F3N2O5/c1-26(11-10-14-4-9-18(30-2)19(12-14)31-3)17-13-20(28)27(21(17)29)15-5-7-16(8-6-15)32-22(23,24)25/h4-9,12,17H,10-11,13H2,1-3H3/t17-/m1/s1. The number of nitrogens with zero attached hydrogens (tertiary/aromatic N) is 2. The Bertz CT molecular complexity index is 979. The maximum atomic E-state index is 12.9. The van der Waals surface area contributed by atoms with Gasteiger partial charge in [0.15, 0.2) is 11.5 Å². The van der Waals surface area contributed by atoms with Crippen LogP contribution in [0.4, 0.5) is 18.9 Å². The Kier molecular flexibility index (Phi) is 6.93. The number of alkyl halides is 3. The number of imide groups is 1. The highest BCUT2D eigenvalue weighted by molar-refractivity contribution is 6.22. The molecule has 0 N–H and O–H groups in total. The largest absolute Gasteiger partial charge is 0.573 e. The summed E-state index contributed by atoms with van der Waals surface area (Å²) in [5, 5.41) is 0. The van der Waals surface area contributed by atoms with Crippen molar-refractivity contribution < 1.29 is 37.0 Å². The van der Waals surface area contributed by atoms with Crippen LogP contribution in [-0.2, 0) is 16.0 Å². The van der Waals surface area contributed by atoms with Gasteiger partial charge in [0.1, 0.15) is 5.75 Å². The number of hydrogen-bond acceptors (Lipinski definition) is 6. The van der Waals surface area contributed by atoms with E-state index in [1.807, 2.05) is 12.1 Å². The molecule has 1 saturated heterocycles. The summed E-state index contributed by atoms with van der Waals surface area (Å²) >= 11 is 0. The molecule has 1 atom stereocenters. The van der Waals surface area contributed by atoms with Gasteiger partial charge >= 0.3 is 6.36 Å². The number of amides is 2. The Labute approximate surface area is 183 Å². The van der Waals surface area contributed by atoms with Crippen LogP contribution in [0.15, 0.2) is 42.5 Å². The van der Waals surface area contributed by atoms with Crippen molar-refractivity contribution in [2.75, 3.05) is 32.7 Å². The summed E-state index contributed by atoms with van der Waals surface area (Å²) in [6, 6.07) is 9.53. The van der Waals surface area contributed by atoms with Crippen molar-refractivity contribution in [3.8, 4) is 17.2 Å². The van der Waals surface area contributed by atoms with Crippen LogP contribution in [0.2, 0.25) is 0 Å². The van der Waals surface area contributed by atoms with E-state index in [4.69, 9.17) is 9.47 Å². The fourth-order valence-corrected chi connectivity index (χ4v) is 3.53. The van der Waals surface area contributed by atoms with Crippen LogP contribution in [0.1, 0.15) is 12.0 Å². The van der Waals surface area contributed by atoms with E-state index >= 15 is 0 Å². The molecule has 1 fully saturated rings. The minimum Gasteiger partial charge on any atom is -0.493 e. The molecule has 3 rings (SSSR count). The van der Waals surface area contributed by atoms with Crippen LogP contribution in [0, 0.1) is 0 Å². The van der Waals surface area contributed by atoms with E-state index in [1.54, 1.807) is 32.2 Å². The van der Waals surface area contributed by atoms with Gasteiger partial charge in [0.05, 0.1) is 32.4 Å². The molecular weight excluding hydrogens is 429 g/mol. The van der Waals surface area contributed by atoms with Crippen molar-refractivity contribution in [1.29, 1.82) is 0 Å². The molecule has 10 heteroatoms. The molecule has 32 heavy (non-hydrogen) atoms. The van der Waals surface area contributed by atoms with Gasteiger partial charge < -0.3 is 14.2 Å². The zero-order valence-electron chi connectivity index (χ0n) is 17.8. The Morgan fingerprint density at radius 1 is 1.03 bits per heavy atom. The van der Waals surface area contributed by atoms with Crippen LogP contribution in [0.5, 0.6) is 17.2 Å². The molecule has 7 nitrogen and oxygen atoms in total. The van der Waals surface area contributed by atoms with Crippen LogP contribution in [0.25, 0.3) is 0 Å². The van der Waals surface area contributed by atoms with Crippen molar-refractivity contribution in [3.63, 3.8) is 0 Å². The van der Waals surface area contributed by atoms with E-state index in [1.165, 1.54) is 12.1 Å². The van der Waals surface area contributed by atoms with E-state index in [0.717, 1.165) is 22.6 Å². The fraction of sp³-hybridized carbons (Fsp3) is 0.364. The second-order valence-electron chi connectivity index (χ2n) is 7.25. The number of carbonyl (C=O) groups excluding carboxylic acids is 2. The van der Waals surface area contributed by atoms with Crippen molar-refractivity contribution >= 4 is 17.5 Å². The smallest absolute Gasteiger partial charge is 0.493 e. The SMILES string of the molecule is COc1ccc(CCN(C)[C@@H]2CC(=O)N(c3ccc(OC(F)(F)F)cc3)C2=O)cc1OC. The van der Waals surface area contributed by atoms with Gasteiger partial charge in [0.2, 0.25) is 5.91 Å². The fourth-order valence-electron chi connectivity index (χ4n) is 3.53. The zero-order valence-corrected chi connectivity index (χ0v) is 17.8. The molecule has 0 saturated carbocycles. The number of methoxy groups -OCH3 is 2. The van der Waals surface area contributed by atoms with Gasteiger partial charge in [-0.15, -0.1) is 13.2 Å². The normalized spacial score (nSPS) is 16.6. The van der Waals surface area contributed by atoms with E-state index in [9.17, 15) is 22.8 Å². The lowest BCUT2D eigenvalue weighted by atomic mass is 10.1. The number of likely N-dealkylation sites (N-methyl/N-ethyl adjacent to an activating group) is 1. The molecule has 2 aromatic rings. The third-order valence-corrected chi connectivity index (χ3v) is 5.18. The first kappa shape index (κ1) is 23.4. The van der Waals surface area contributed by atoms with Gasteiger partial charge in [0, 0.05) is 6.54 Å². The van der Waals surface area contributed by atoms with Crippen molar-refractivity contribution in [2.24, 2.45) is 0 Å². The number of benzene rings is 2. The van der Waals surface area contributed by atoms with Gasteiger partial charge in [-0.1, -0.05) is 6.07 Å². The van der Waals surface area contributed by atoms with Crippen LogP contribution < -0.4 is 19.1 Å². The molecule has 1 aliphatic rings. The van der Waals surface area contributed by atoms with Crippen LogP contribution in [0.3, 0.4) is 0 Å². The molecule has 0 aliphatic carbocycles. The van der Waals surface area contributed by atoms with Gasteiger partial charge in [-0.25, -0.2) is 4.90 Å². The average molecular weight is 452 g/mol. The molecule has 1 heterocycles. The molecule has 0 bridgehead atoms.